The van der Waals surface area contributed by atoms with Gasteiger partial charge in [0.25, 0.3) is 5.56 Å². The zero-order valence-corrected chi connectivity index (χ0v) is 17.7. The van der Waals surface area contributed by atoms with Gasteiger partial charge in [-0.1, -0.05) is 55.8 Å². The Morgan fingerprint density at radius 3 is 2.79 bits per heavy atom. The lowest BCUT2D eigenvalue weighted by atomic mass is 9.94. The highest BCUT2D eigenvalue weighted by Crippen LogP contribution is 2.22. The molecule has 152 valence electrons. The molecule has 5 nitrogen and oxygen atoms in total. The summed E-state index contributed by atoms with van der Waals surface area (Å²) < 4.78 is 7.97. The van der Waals surface area contributed by atoms with E-state index in [4.69, 9.17) is 4.74 Å². The average Bonchev–Trinajstić information content (AvgIpc) is 3.29. The Balaban J connectivity index is 1.46. The topological polar surface area (TPSA) is 56.5 Å². The van der Waals surface area contributed by atoms with E-state index in [0.29, 0.717) is 16.7 Å². The Hall–Kier alpha value is -2.47. The van der Waals surface area contributed by atoms with Crippen molar-refractivity contribution in [3.05, 3.63) is 51.3 Å². The molecule has 29 heavy (non-hydrogen) atoms. The van der Waals surface area contributed by atoms with Crippen molar-refractivity contribution in [2.75, 3.05) is 6.61 Å². The minimum absolute atomic E-state index is 0.0645. The van der Waals surface area contributed by atoms with Gasteiger partial charge in [0.05, 0.1) is 11.1 Å². The first kappa shape index (κ1) is 19.8. The van der Waals surface area contributed by atoms with Gasteiger partial charge >= 0.3 is 0 Å². The Labute approximate surface area is 174 Å². The van der Waals surface area contributed by atoms with Crippen molar-refractivity contribution in [1.29, 1.82) is 0 Å². The predicted octanol–water partition coefficient (Wildman–Crippen LogP) is 4.63. The van der Waals surface area contributed by atoms with Gasteiger partial charge in [-0.05, 0) is 55.9 Å². The van der Waals surface area contributed by atoms with E-state index in [0.717, 1.165) is 48.1 Å². The van der Waals surface area contributed by atoms with Gasteiger partial charge in [0.2, 0.25) is 4.96 Å². The van der Waals surface area contributed by atoms with Gasteiger partial charge in [-0.15, -0.1) is 5.10 Å². The number of unbranched alkanes of at least 4 members (excludes halogenated alkanes) is 3. The van der Waals surface area contributed by atoms with E-state index in [-0.39, 0.29) is 5.56 Å². The summed E-state index contributed by atoms with van der Waals surface area (Å²) in [7, 11) is 0. The third-order valence-electron chi connectivity index (χ3n) is 5.26. The van der Waals surface area contributed by atoms with Crippen LogP contribution in [0.25, 0.3) is 22.4 Å². The highest BCUT2D eigenvalue weighted by atomic mass is 32.1. The molecule has 0 spiro atoms. The number of nitrogens with zero attached hydrogens (tertiary/aromatic N) is 3. The summed E-state index contributed by atoms with van der Waals surface area (Å²) in [5, 5.41) is 4.45. The lowest BCUT2D eigenvalue weighted by Gasteiger charge is -2.11. The van der Waals surface area contributed by atoms with Crippen LogP contribution in [0.3, 0.4) is 0 Å². The fraction of sp³-hybridized carbons (Fsp3) is 0.435. The number of fused-ring (bicyclic) bond motifs is 1. The quantitative estimate of drug-likeness (QED) is 0.402. The first-order valence-electron chi connectivity index (χ1n) is 10.5. The summed E-state index contributed by atoms with van der Waals surface area (Å²) in [4.78, 5) is 17.9. The van der Waals surface area contributed by atoms with Crippen molar-refractivity contribution in [2.24, 2.45) is 5.92 Å². The molecule has 0 radical (unpaired) electrons. The molecule has 1 aromatic carbocycles. The van der Waals surface area contributed by atoms with Crippen molar-refractivity contribution in [1.82, 2.24) is 14.6 Å². The van der Waals surface area contributed by atoms with Crippen molar-refractivity contribution in [3.63, 3.8) is 0 Å². The van der Waals surface area contributed by atoms with E-state index in [1.807, 2.05) is 24.3 Å². The number of hydrogen-bond acceptors (Lipinski definition) is 5. The number of rotatable bonds is 8. The van der Waals surface area contributed by atoms with Gasteiger partial charge in [-0.2, -0.15) is 9.50 Å². The van der Waals surface area contributed by atoms with E-state index < -0.39 is 0 Å². The molecule has 1 aliphatic carbocycles. The van der Waals surface area contributed by atoms with Gasteiger partial charge in [0.1, 0.15) is 5.75 Å². The molecule has 0 saturated heterocycles. The monoisotopic (exact) mass is 409 g/mol. The maximum absolute atomic E-state index is 12.7. The number of allylic oxidation sites excluding steroid dienone is 2. The van der Waals surface area contributed by atoms with Crippen molar-refractivity contribution in [2.45, 2.75) is 51.9 Å². The summed E-state index contributed by atoms with van der Waals surface area (Å²) in [5.41, 5.74) is 0.826. The second-order valence-corrected chi connectivity index (χ2v) is 8.56. The minimum atomic E-state index is -0.0645. The molecule has 0 aliphatic heterocycles. The first-order chi connectivity index (χ1) is 14.2. The van der Waals surface area contributed by atoms with Gasteiger partial charge in [0, 0.05) is 5.56 Å². The van der Waals surface area contributed by atoms with E-state index >= 15 is 0 Å². The van der Waals surface area contributed by atoms with Crippen molar-refractivity contribution in [3.8, 4) is 17.1 Å². The Morgan fingerprint density at radius 2 is 2.07 bits per heavy atom. The van der Waals surface area contributed by atoms with Crippen LogP contribution in [0, 0.1) is 5.92 Å². The highest BCUT2D eigenvalue weighted by Gasteiger charge is 2.14. The van der Waals surface area contributed by atoms with Crippen LogP contribution < -0.4 is 14.8 Å². The van der Waals surface area contributed by atoms with E-state index in [2.05, 4.69) is 35.2 Å². The molecule has 0 N–H and O–H groups in total. The van der Waals surface area contributed by atoms with Crippen molar-refractivity contribution < 1.29 is 4.74 Å². The third kappa shape index (κ3) is 4.75. The molecule has 1 unspecified atom stereocenters. The second-order valence-electron chi connectivity index (χ2n) is 7.55. The average molecular weight is 410 g/mol. The second kappa shape index (κ2) is 9.35. The molecule has 1 atom stereocenters. The van der Waals surface area contributed by atoms with Gasteiger partial charge in [-0.25, -0.2) is 0 Å². The van der Waals surface area contributed by atoms with Gasteiger partial charge in [-0.3, -0.25) is 4.79 Å². The van der Waals surface area contributed by atoms with Gasteiger partial charge in [0.15, 0.2) is 5.82 Å². The van der Waals surface area contributed by atoms with Gasteiger partial charge < -0.3 is 4.74 Å². The smallest absolute Gasteiger partial charge is 0.290 e. The highest BCUT2D eigenvalue weighted by molar-refractivity contribution is 7.15. The zero-order valence-electron chi connectivity index (χ0n) is 16.8. The maximum Gasteiger partial charge on any atom is 0.290 e. The number of benzene rings is 1. The SMILES string of the molecule is CCCCCCOc1ccc(-c2nc3s/c(=C\C4CC=CCC4)c(=O)n3n2)cc1. The molecule has 0 amide bonds. The van der Waals surface area contributed by atoms with E-state index in [9.17, 15) is 4.79 Å². The maximum atomic E-state index is 12.7. The molecular formula is C23H27N3O2S. The summed E-state index contributed by atoms with van der Waals surface area (Å²) >= 11 is 1.43. The fourth-order valence-corrected chi connectivity index (χ4v) is 4.54. The van der Waals surface area contributed by atoms with E-state index in [1.165, 1.54) is 35.1 Å². The minimum Gasteiger partial charge on any atom is -0.494 e. The number of ether oxygens (including phenoxy) is 1. The first-order valence-corrected chi connectivity index (χ1v) is 11.4. The molecule has 0 saturated carbocycles. The summed E-state index contributed by atoms with van der Waals surface area (Å²) in [6.07, 6.45) is 14.5. The standard InChI is InChI=1S/C23H27N3O2S/c1-2-3-4-8-15-28-19-13-11-18(12-14-19)21-24-23-26(25-21)22(27)20(29-23)16-17-9-6-5-7-10-17/h5-6,11-14,16-17H,2-4,7-10,15H2,1H3/b20-16-. The van der Waals surface area contributed by atoms with Crippen LogP contribution in [-0.4, -0.2) is 21.2 Å². The third-order valence-corrected chi connectivity index (χ3v) is 6.24. The van der Waals surface area contributed by atoms with Crippen LogP contribution in [0.4, 0.5) is 0 Å². The largest absolute Gasteiger partial charge is 0.494 e. The number of hydrogen-bond donors (Lipinski definition) is 0. The molecule has 2 aromatic heterocycles. The van der Waals surface area contributed by atoms with Crippen LogP contribution in [0.15, 0.2) is 41.2 Å². The lowest BCUT2D eigenvalue weighted by molar-refractivity contribution is 0.305. The zero-order chi connectivity index (χ0) is 20.1. The molecule has 3 aromatic rings. The molecule has 0 fully saturated rings. The van der Waals surface area contributed by atoms with Crippen LogP contribution in [0.2, 0.25) is 0 Å². The summed E-state index contributed by atoms with van der Waals surface area (Å²) in [6, 6.07) is 7.79. The predicted molar refractivity (Wildman–Crippen MR) is 118 cm³/mol. The normalized spacial score (nSPS) is 17.3. The molecule has 1 aliphatic rings. The van der Waals surface area contributed by atoms with Crippen LogP contribution in [0.1, 0.15) is 51.9 Å². The van der Waals surface area contributed by atoms with E-state index in [1.54, 1.807) is 0 Å². The molecule has 2 heterocycles. The Kier molecular flexibility index (Phi) is 6.39. The number of thiazole rings is 1. The van der Waals surface area contributed by atoms with Crippen LogP contribution in [0.5, 0.6) is 5.75 Å². The molecule has 6 heteroatoms. The molecule has 4 rings (SSSR count). The Bertz CT molecular complexity index is 1080. The summed E-state index contributed by atoms with van der Waals surface area (Å²) in [6.45, 7) is 2.95. The van der Waals surface area contributed by atoms with Crippen LogP contribution in [-0.2, 0) is 0 Å². The molecular weight excluding hydrogens is 382 g/mol. The fourth-order valence-electron chi connectivity index (χ4n) is 3.57. The van der Waals surface area contributed by atoms with Crippen molar-refractivity contribution >= 4 is 22.4 Å². The molecule has 0 bridgehead atoms. The number of aromatic nitrogens is 3. The van der Waals surface area contributed by atoms with Crippen LogP contribution >= 0.6 is 11.3 Å². The summed E-state index contributed by atoms with van der Waals surface area (Å²) in [5.74, 6) is 1.87. The Morgan fingerprint density at radius 1 is 1.21 bits per heavy atom. The lowest BCUT2D eigenvalue weighted by Crippen LogP contribution is -2.25.